The number of allylic oxidation sites excluding steroid dienone is 1. The van der Waals surface area contributed by atoms with Gasteiger partial charge >= 0.3 is 0 Å². The predicted molar refractivity (Wildman–Crippen MR) is 120 cm³/mol. The Labute approximate surface area is 176 Å². The zero-order valence-electron chi connectivity index (χ0n) is 16.3. The highest BCUT2D eigenvalue weighted by molar-refractivity contribution is 9.10. The molecule has 0 amide bonds. The highest BCUT2D eigenvalue weighted by Crippen LogP contribution is 2.30. The molecule has 3 rings (SSSR count). The summed E-state index contributed by atoms with van der Waals surface area (Å²) in [7, 11) is 0. The second-order valence-electron chi connectivity index (χ2n) is 6.70. The molecular formula is C25H25BrO2. The highest BCUT2D eigenvalue weighted by atomic mass is 79.9. The number of rotatable bonds is 8. The quantitative estimate of drug-likeness (QED) is 0.339. The van der Waals surface area contributed by atoms with Gasteiger partial charge < -0.3 is 9.47 Å². The van der Waals surface area contributed by atoms with E-state index in [4.69, 9.17) is 9.47 Å². The first-order chi connectivity index (χ1) is 13.6. The van der Waals surface area contributed by atoms with Crippen LogP contribution >= 0.6 is 15.9 Å². The molecule has 0 aromatic heterocycles. The number of hydrogen-bond donors (Lipinski definition) is 0. The Bertz CT molecular complexity index is 915. The van der Waals surface area contributed by atoms with Gasteiger partial charge in [0.15, 0.2) is 0 Å². The van der Waals surface area contributed by atoms with Crippen molar-refractivity contribution in [1.29, 1.82) is 0 Å². The van der Waals surface area contributed by atoms with Gasteiger partial charge in [-0.15, -0.1) is 0 Å². The lowest BCUT2D eigenvalue weighted by molar-refractivity contribution is 0.125. The van der Waals surface area contributed by atoms with Crippen LogP contribution in [0, 0.1) is 6.92 Å². The number of ether oxygens (including phenoxy) is 2. The van der Waals surface area contributed by atoms with Crippen molar-refractivity contribution in [1.82, 2.24) is 0 Å². The van der Waals surface area contributed by atoms with E-state index < -0.39 is 0 Å². The van der Waals surface area contributed by atoms with Gasteiger partial charge in [-0.3, -0.25) is 0 Å². The molecule has 0 bridgehead atoms. The summed E-state index contributed by atoms with van der Waals surface area (Å²) in [4.78, 5) is 0. The summed E-state index contributed by atoms with van der Waals surface area (Å²) in [6.07, 6.45) is 3.12. The first kappa shape index (κ1) is 20.4. The van der Waals surface area contributed by atoms with Crippen molar-refractivity contribution in [2.24, 2.45) is 0 Å². The van der Waals surface area contributed by atoms with Crippen LogP contribution in [0.15, 0.2) is 83.3 Å². The lowest BCUT2D eigenvalue weighted by Gasteiger charge is -2.10. The van der Waals surface area contributed by atoms with Gasteiger partial charge in [-0.1, -0.05) is 70.5 Å². The van der Waals surface area contributed by atoms with Crippen molar-refractivity contribution < 1.29 is 9.47 Å². The van der Waals surface area contributed by atoms with Crippen molar-refractivity contribution in [3.63, 3.8) is 0 Å². The molecule has 3 aromatic carbocycles. The molecule has 3 heteroatoms. The Morgan fingerprint density at radius 2 is 1.68 bits per heavy atom. The Balaban J connectivity index is 1.50. The van der Waals surface area contributed by atoms with Crippen LogP contribution in [0.5, 0.6) is 11.5 Å². The molecule has 0 aliphatic carbocycles. The zero-order chi connectivity index (χ0) is 19.8. The van der Waals surface area contributed by atoms with Crippen molar-refractivity contribution in [3.8, 4) is 11.5 Å². The zero-order valence-corrected chi connectivity index (χ0v) is 17.9. The molecule has 2 nitrogen and oxygen atoms in total. The predicted octanol–water partition coefficient (Wildman–Crippen LogP) is 7.56. The molecule has 0 saturated carbocycles. The van der Waals surface area contributed by atoms with Crippen molar-refractivity contribution >= 4 is 21.5 Å². The van der Waals surface area contributed by atoms with Crippen LogP contribution < -0.4 is 4.74 Å². The topological polar surface area (TPSA) is 18.5 Å². The first-order valence-corrected chi connectivity index (χ1v) is 10.2. The van der Waals surface area contributed by atoms with Crippen LogP contribution in [0.3, 0.4) is 0 Å². The molecule has 0 atom stereocenters. The van der Waals surface area contributed by atoms with Gasteiger partial charge in [-0.25, -0.2) is 0 Å². The number of benzene rings is 3. The second kappa shape index (κ2) is 10.3. The van der Waals surface area contributed by atoms with Crippen LogP contribution in [0.1, 0.15) is 30.0 Å². The van der Waals surface area contributed by atoms with Gasteiger partial charge in [0.2, 0.25) is 0 Å². The fraction of sp³-hybridized carbons (Fsp3) is 0.200. The third-order valence-corrected chi connectivity index (χ3v) is 5.44. The fourth-order valence-electron chi connectivity index (χ4n) is 2.85. The van der Waals surface area contributed by atoms with E-state index in [1.165, 1.54) is 16.7 Å². The summed E-state index contributed by atoms with van der Waals surface area (Å²) in [6, 6.07) is 24.5. The van der Waals surface area contributed by atoms with Gasteiger partial charge in [0.1, 0.15) is 11.5 Å². The minimum absolute atomic E-state index is 0.661. The standard InChI is InChI=1S/C25H25BrO2/c1-19(8-7-17-27-18-21-9-4-3-5-10-21)22-13-15-23(16-14-22)28-25-12-6-11-24(26)20(25)2/h3-6,8-16H,7,17-18H2,1-2H3/b19-8+. The summed E-state index contributed by atoms with van der Waals surface area (Å²) < 4.78 is 12.8. The molecule has 3 aromatic rings. The van der Waals surface area contributed by atoms with Crippen molar-refractivity contribution in [2.45, 2.75) is 26.9 Å². The second-order valence-corrected chi connectivity index (χ2v) is 7.56. The van der Waals surface area contributed by atoms with Gasteiger partial charge in [0.25, 0.3) is 0 Å². The lowest BCUT2D eigenvalue weighted by Crippen LogP contribution is -1.94. The Morgan fingerprint density at radius 3 is 2.43 bits per heavy atom. The van der Waals surface area contributed by atoms with E-state index in [-0.39, 0.29) is 0 Å². The fourth-order valence-corrected chi connectivity index (χ4v) is 3.20. The van der Waals surface area contributed by atoms with E-state index in [9.17, 15) is 0 Å². The summed E-state index contributed by atoms with van der Waals surface area (Å²) in [5, 5.41) is 0. The normalized spacial score (nSPS) is 11.5. The maximum absolute atomic E-state index is 6.01. The van der Waals surface area contributed by atoms with E-state index in [0.29, 0.717) is 6.61 Å². The molecule has 0 N–H and O–H groups in total. The van der Waals surface area contributed by atoms with Gasteiger partial charge in [-0.2, -0.15) is 0 Å². The minimum atomic E-state index is 0.661. The third kappa shape index (κ3) is 5.82. The van der Waals surface area contributed by atoms with Gasteiger partial charge in [0, 0.05) is 10.0 Å². The third-order valence-electron chi connectivity index (χ3n) is 4.58. The molecule has 0 unspecified atom stereocenters. The minimum Gasteiger partial charge on any atom is -0.457 e. The SMILES string of the molecule is C/C(=C\CCOCc1ccccc1)c1ccc(Oc2cccc(Br)c2C)cc1. The molecule has 0 fully saturated rings. The van der Waals surface area contributed by atoms with Crippen molar-refractivity contribution in [3.05, 3.63) is 100 Å². The van der Waals surface area contributed by atoms with Crippen LogP contribution in [0.2, 0.25) is 0 Å². The van der Waals surface area contributed by atoms with Crippen LogP contribution in [0.25, 0.3) is 5.57 Å². The summed E-state index contributed by atoms with van der Waals surface area (Å²) in [6.45, 7) is 5.55. The van der Waals surface area contributed by atoms with E-state index >= 15 is 0 Å². The molecule has 0 heterocycles. The van der Waals surface area contributed by atoms with Crippen LogP contribution in [-0.2, 0) is 11.3 Å². The average molecular weight is 437 g/mol. The monoisotopic (exact) mass is 436 g/mol. The molecule has 0 saturated heterocycles. The highest BCUT2D eigenvalue weighted by Gasteiger charge is 2.05. The smallest absolute Gasteiger partial charge is 0.131 e. The molecule has 0 radical (unpaired) electrons. The molecule has 0 spiro atoms. The number of halogens is 1. The molecular weight excluding hydrogens is 412 g/mol. The van der Waals surface area contributed by atoms with Crippen LogP contribution in [0.4, 0.5) is 0 Å². The Kier molecular flexibility index (Phi) is 7.46. The lowest BCUT2D eigenvalue weighted by atomic mass is 10.1. The van der Waals surface area contributed by atoms with E-state index in [1.54, 1.807) is 0 Å². The average Bonchev–Trinajstić information content (AvgIpc) is 2.72. The first-order valence-electron chi connectivity index (χ1n) is 9.45. The van der Waals surface area contributed by atoms with E-state index in [2.05, 4.69) is 53.2 Å². The summed E-state index contributed by atoms with van der Waals surface area (Å²) in [5.41, 5.74) is 4.74. The van der Waals surface area contributed by atoms with Gasteiger partial charge in [-0.05, 0) is 61.2 Å². The summed E-state index contributed by atoms with van der Waals surface area (Å²) >= 11 is 3.54. The largest absolute Gasteiger partial charge is 0.457 e. The van der Waals surface area contributed by atoms with Gasteiger partial charge in [0.05, 0.1) is 13.2 Å². The van der Waals surface area contributed by atoms with Crippen LogP contribution in [-0.4, -0.2) is 6.61 Å². The Hall–Kier alpha value is -2.36. The van der Waals surface area contributed by atoms with E-state index in [0.717, 1.165) is 34.6 Å². The summed E-state index contributed by atoms with van der Waals surface area (Å²) in [5.74, 6) is 1.70. The number of hydrogen-bond acceptors (Lipinski definition) is 2. The molecule has 0 aliphatic heterocycles. The van der Waals surface area contributed by atoms with Crippen molar-refractivity contribution in [2.75, 3.05) is 6.61 Å². The Morgan fingerprint density at radius 1 is 0.929 bits per heavy atom. The van der Waals surface area contributed by atoms with E-state index in [1.807, 2.05) is 55.5 Å². The molecule has 144 valence electrons. The maximum Gasteiger partial charge on any atom is 0.131 e. The maximum atomic E-state index is 6.01. The molecule has 28 heavy (non-hydrogen) atoms. The molecule has 0 aliphatic rings.